The van der Waals surface area contributed by atoms with E-state index in [1.807, 2.05) is 42.2 Å². The van der Waals surface area contributed by atoms with Crippen LogP contribution in [0.5, 0.6) is 0 Å². The lowest BCUT2D eigenvalue weighted by atomic mass is 9.88. The van der Waals surface area contributed by atoms with Gasteiger partial charge in [-0.15, -0.1) is 0 Å². The maximum absolute atomic E-state index is 12.5. The van der Waals surface area contributed by atoms with Crippen LogP contribution < -0.4 is 0 Å². The van der Waals surface area contributed by atoms with Crippen molar-refractivity contribution in [3.63, 3.8) is 0 Å². The number of carbonyl (C=O) groups excluding carboxylic acids is 1. The number of carbonyl (C=O) groups is 1. The number of ether oxygens (including phenoxy) is 1. The van der Waals surface area contributed by atoms with E-state index < -0.39 is 0 Å². The Bertz CT molecular complexity index is 994. The number of amides is 1. The molecule has 1 amide bonds. The molecule has 0 aliphatic carbocycles. The standard InChI is InChI=1S/C25H31N3O3/c1-18-7-9-21-22(15-18)27-24(26-21)16-31-17-25(30)28-13-11-20(12-14-28)23(29)10-8-19-5-3-2-4-6-19/h2-7,9,15,20,23,29H,8,10-14,16-17H2,1H3,(H,26,27). The molecule has 6 heteroatoms. The largest absolute Gasteiger partial charge is 0.393 e. The number of nitrogens with one attached hydrogen (secondary N) is 1. The molecule has 1 aromatic heterocycles. The molecule has 2 aromatic carbocycles. The predicted octanol–water partition coefficient (Wildman–Crippen LogP) is 3.62. The number of hydrogen-bond donors (Lipinski definition) is 2. The predicted molar refractivity (Wildman–Crippen MR) is 121 cm³/mol. The Balaban J connectivity index is 1.17. The van der Waals surface area contributed by atoms with Crippen LogP contribution in [0, 0.1) is 12.8 Å². The van der Waals surface area contributed by atoms with Gasteiger partial charge in [0.15, 0.2) is 0 Å². The lowest BCUT2D eigenvalue weighted by molar-refractivity contribution is -0.138. The van der Waals surface area contributed by atoms with E-state index >= 15 is 0 Å². The fourth-order valence-electron chi connectivity index (χ4n) is 4.30. The van der Waals surface area contributed by atoms with Gasteiger partial charge in [0, 0.05) is 13.1 Å². The topological polar surface area (TPSA) is 78.4 Å². The number of hydrogen-bond acceptors (Lipinski definition) is 4. The summed E-state index contributed by atoms with van der Waals surface area (Å²) < 4.78 is 5.62. The van der Waals surface area contributed by atoms with Gasteiger partial charge < -0.3 is 19.7 Å². The van der Waals surface area contributed by atoms with E-state index in [1.54, 1.807) is 0 Å². The molecule has 3 aromatic rings. The van der Waals surface area contributed by atoms with Crippen molar-refractivity contribution in [3.05, 3.63) is 65.5 Å². The maximum atomic E-state index is 12.5. The van der Waals surface area contributed by atoms with Crippen molar-refractivity contribution < 1.29 is 14.6 Å². The molecule has 1 fully saturated rings. The van der Waals surface area contributed by atoms with Crippen molar-refractivity contribution in [3.8, 4) is 0 Å². The summed E-state index contributed by atoms with van der Waals surface area (Å²) in [6.07, 6.45) is 3.01. The summed E-state index contributed by atoms with van der Waals surface area (Å²) in [5.74, 6) is 0.991. The number of aliphatic hydroxyl groups is 1. The molecule has 4 rings (SSSR count). The summed E-state index contributed by atoms with van der Waals surface area (Å²) in [6.45, 7) is 3.74. The van der Waals surface area contributed by atoms with Crippen LogP contribution in [0.25, 0.3) is 11.0 Å². The highest BCUT2D eigenvalue weighted by Gasteiger charge is 2.27. The molecule has 1 saturated heterocycles. The Morgan fingerprint density at radius 1 is 1.23 bits per heavy atom. The SMILES string of the molecule is Cc1ccc2nc(COCC(=O)N3CCC(C(O)CCc4ccccc4)CC3)[nH]c2c1. The first kappa shape index (κ1) is 21.5. The van der Waals surface area contributed by atoms with E-state index in [4.69, 9.17) is 4.74 Å². The minimum absolute atomic E-state index is 0.00387. The van der Waals surface area contributed by atoms with E-state index in [2.05, 4.69) is 28.2 Å². The van der Waals surface area contributed by atoms with Gasteiger partial charge in [0.1, 0.15) is 19.0 Å². The van der Waals surface area contributed by atoms with Crippen LogP contribution in [-0.2, 0) is 22.6 Å². The van der Waals surface area contributed by atoms with Gasteiger partial charge in [-0.3, -0.25) is 4.79 Å². The van der Waals surface area contributed by atoms with Crippen LogP contribution >= 0.6 is 0 Å². The molecule has 2 heterocycles. The van der Waals surface area contributed by atoms with Gasteiger partial charge in [-0.05, 0) is 61.8 Å². The van der Waals surface area contributed by atoms with Crippen molar-refractivity contribution in [2.45, 2.75) is 45.3 Å². The second-order valence-electron chi connectivity index (χ2n) is 8.51. The Morgan fingerprint density at radius 3 is 2.77 bits per heavy atom. The number of rotatable bonds is 8. The number of aliphatic hydroxyl groups excluding tert-OH is 1. The second-order valence-corrected chi connectivity index (χ2v) is 8.51. The number of aromatic nitrogens is 2. The minimum Gasteiger partial charge on any atom is -0.393 e. The van der Waals surface area contributed by atoms with E-state index in [-0.39, 0.29) is 31.1 Å². The van der Waals surface area contributed by atoms with Crippen molar-refractivity contribution >= 4 is 16.9 Å². The first-order valence-electron chi connectivity index (χ1n) is 11.1. The molecule has 31 heavy (non-hydrogen) atoms. The molecule has 0 bridgehead atoms. The van der Waals surface area contributed by atoms with Crippen LogP contribution in [0.2, 0.25) is 0 Å². The molecule has 1 unspecified atom stereocenters. The summed E-state index contributed by atoms with van der Waals surface area (Å²) in [7, 11) is 0. The first-order valence-corrected chi connectivity index (χ1v) is 11.1. The third-order valence-corrected chi connectivity index (χ3v) is 6.16. The van der Waals surface area contributed by atoms with Crippen LogP contribution in [-0.4, -0.2) is 51.7 Å². The smallest absolute Gasteiger partial charge is 0.248 e. The second kappa shape index (κ2) is 10.1. The average Bonchev–Trinajstić information content (AvgIpc) is 3.20. The third-order valence-electron chi connectivity index (χ3n) is 6.16. The van der Waals surface area contributed by atoms with E-state index in [9.17, 15) is 9.90 Å². The highest BCUT2D eigenvalue weighted by Crippen LogP contribution is 2.24. The zero-order valence-corrected chi connectivity index (χ0v) is 18.1. The van der Waals surface area contributed by atoms with Gasteiger partial charge in [-0.1, -0.05) is 36.4 Å². The number of piperidine rings is 1. The molecule has 0 saturated carbocycles. The molecule has 1 atom stereocenters. The number of benzene rings is 2. The van der Waals surface area contributed by atoms with Crippen molar-refractivity contribution in [1.82, 2.24) is 14.9 Å². The summed E-state index contributed by atoms with van der Waals surface area (Å²) in [5.41, 5.74) is 4.32. The van der Waals surface area contributed by atoms with Crippen molar-refractivity contribution in [2.24, 2.45) is 5.92 Å². The third kappa shape index (κ3) is 5.71. The number of fused-ring (bicyclic) bond motifs is 1. The number of aryl methyl sites for hydroxylation is 2. The van der Waals surface area contributed by atoms with Gasteiger partial charge in [0.05, 0.1) is 17.1 Å². The average molecular weight is 422 g/mol. The molecule has 0 spiro atoms. The van der Waals surface area contributed by atoms with E-state index in [0.717, 1.165) is 42.5 Å². The number of nitrogens with zero attached hydrogens (tertiary/aromatic N) is 2. The van der Waals surface area contributed by atoms with Crippen LogP contribution in [0.3, 0.4) is 0 Å². The summed E-state index contributed by atoms with van der Waals surface area (Å²) in [6, 6.07) is 16.3. The van der Waals surface area contributed by atoms with Gasteiger partial charge >= 0.3 is 0 Å². The van der Waals surface area contributed by atoms with Crippen molar-refractivity contribution in [1.29, 1.82) is 0 Å². The zero-order valence-electron chi connectivity index (χ0n) is 18.1. The van der Waals surface area contributed by atoms with Gasteiger partial charge in [0.25, 0.3) is 0 Å². The number of H-pyrrole nitrogens is 1. The number of aromatic amines is 1. The Labute approximate surface area is 183 Å². The highest BCUT2D eigenvalue weighted by atomic mass is 16.5. The molecule has 2 N–H and O–H groups in total. The highest BCUT2D eigenvalue weighted by molar-refractivity contribution is 5.77. The normalized spacial score (nSPS) is 16.0. The van der Waals surface area contributed by atoms with Gasteiger partial charge in [-0.25, -0.2) is 4.98 Å². The van der Waals surface area contributed by atoms with E-state index in [1.165, 1.54) is 11.1 Å². The van der Waals surface area contributed by atoms with Crippen LogP contribution in [0.15, 0.2) is 48.5 Å². The van der Waals surface area contributed by atoms with Crippen LogP contribution in [0.4, 0.5) is 0 Å². The summed E-state index contributed by atoms with van der Waals surface area (Å²) >= 11 is 0. The Kier molecular flexibility index (Phi) is 6.99. The fourth-order valence-corrected chi connectivity index (χ4v) is 4.30. The Hall–Kier alpha value is -2.70. The minimum atomic E-state index is -0.314. The van der Waals surface area contributed by atoms with Gasteiger partial charge in [-0.2, -0.15) is 0 Å². The molecular formula is C25H31N3O3. The van der Waals surface area contributed by atoms with Gasteiger partial charge in [0.2, 0.25) is 5.91 Å². The molecule has 1 aliphatic rings. The molecule has 6 nitrogen and oxygen atoms in total. The molecular weight excluding hydrogens is 390 g/mol. The number of likely N-dealkylation sites (tertiary alicyclic amines) is 1. The molecule has 0 radical (unpaired) electrons. The first-order chi connectivity index (χ1) is 15.1. The molecule has 1 aliphatic heterocycles. The monoisotopic (exact) mass is 421 g/mol. The maximum Gasteiger partial charge on any atom is 0.248 e. The van der Waals surface area contributed by atoms with Crippen LogP contribution in [0.1, 0.15) is 36.2 Å². The fraction of sp³-hybridized carbons (Fsp3) is 0.440. The number of imidazole rings is 1. The summed E-state index contributed by atoms with van der Waals surface area (Å²) in [4.78, 5) is 22.1. The summed E-state index contributed by atoms with van der Waals surface area (Å²) in [5, 5.41) is 10.6. The zero-order chi connectivity index (χ0) is 21.6. The lowest BCUT2D eigenvalue weighted by Gasteiger charge is -2.34. The van der Waals surface area contributed by atoms with E-state index in [0.29, 0.717) is 13.1 Å². The lowest BCUT2D eigenvalue weighted by Crippen LogP contribution is -2.42. The molecule has 164 valence electrons. The Morgan fingerprint density at radius 2 is 2.00 bits per heavy atom. The van der Waals surface area contributed by atoms with Crippen molar-refractivity contribution in [2.75, 3.05) is 19.7 Å². The quantitative estimate of drug-likeness (QED) is 0.582.